The Morgan fingerprint density at radius 2 is 2.56 bits per heavy atom. The lowest BCUT2D eigenvalue weighted by Gasteiger charge is -2.03. The summed E-state index contributed by atoms with van der Waals surface area (Å²) in [6.45, 7) is 0.580. The lowest BCUT2D eigenvalue weighted by atomic mass is 10.2. The summed E-state index contributed by atoms with van der Waals surface area (Å²) in [5.41, 5.74) is 5.33. The zero-order valence-electron chi connectivity index (χ0n) is 5.16. The van der Waals surface area contributed by atoms with Gasteiger partial charge in [-0.15, -0.1) is 0 Å². The van der Waals surface area contributed by atoms with Crippen LogP contribution < -0.4 is 5.73 Å². The van der Waals surface area contributed by atoms with Crippen molar-refractivity contribution in [2.45, 2.75) is 12.1 Å². The van der Waals surface area contributed by atoms with Crippen LogP contribution >= 0.6 is 0 Å². The lowest BCUT2D eigenvalue weighted by Crippen LogP contribution is -2.36. The van der Waals surface area contributed by atoms with Crippen molar-refractivity contribution in [1.29, 1.82) is 0 Å². The summed E-state index contributed by atoms with van der Waals surface area (Å²) in [7, 11) is 1.31. The van der Waals surface area contributed by atoms with Crippen LogP contribution in [0.25, 0.3) is 0 Å². The maximum Gasteiger partial charge on any atom is 0.325 e. The minimum Gasteiger partial charge on any atom is -0.468 e. The number of hydrogen-bond acceptors (Lipinski definition) is 4. The van der Waals surface area contributed by atoms with E-state index in [-0.39, 0.29) is 6.10 Å². The van der Waals surface area contributed by atoms with Gasteiger partial charge in [0.2, 0.25) is 0 Å². The van der Waals surface area contributed by atoms with Gasteiger partial charge in [0, 0.05) is 0 Å². The van der Waals surface area contributed by atoms with Crippen molar-refractivity contribution in [1.82, 2.24) is 0 Å². The summed E-state index contributed by atoms with van der Waals surface area (Å²) in [6, 6.07) is -0.588. The molecule has 1 rings (SSSR count). The van der Waals surface area contributed by atoms with Crippen molar-refractivity contribution < 1.29 is 14.3 Å². The van der Waals surface area contributed by atoms with Crippen LogP contribution in [0.15, 0.2) is 0 Å². The Balaban J connectivity index is 2.30. The van der Waals surface area contributed by atoms with E-state index in [4.69, 9.17) is 10.5 Å². The monoisotopic (exact) mass is 131 g/mol. The molecule has 0 spiro atoms. The summed E-state index contributed by atoms with van der Waals surface area (Å²) < 4.78 is 9.14. The zero-order chi connectivity index (χ0) is 6.85. The van der Waals surface area contributed by atoms with Crippen LogP contribution in [-0.4, -0.2) is 31.8 Å². The summed E-state index contributed by atoms with van der Waals surface area (Å²) in [5.74, 6) is -0.405. The van der Waals surface area contributed by atoms with E-state index in [0.29, 0.717) is 6.61 Å². The highest BCUT2D eigenvalue weighted by Gasteiger charge is 2.35. The Labute approximate surface area is 52.9 Å². The summed E-state index contributed by atoms with van der Waals surface area (Å²) in [4.78, 5) is 10.6. The van der Waals surface area contributed by atoms with Crippen molar-refractivity contribution in [3.8, 4) is 0 Å². The second-order valence-corrected chi connectivity index (χ2v) is 1.92. The molecule has 4 heteroatoms. The molecule has 52 valence electrons. The van der Waals surface area contributed by atoms with Gasteiger partial charge in [0.05, 0.1) is 13.7 Å². The molecule has 0 radical (unpaired) electrons. The second kappa shape index (κ2) is 2.33. The summed E-state index contributed by atoms with van der Waals surface area (Å²) >= 11 is 0. The number of carbonyl (C=O) groups is 1. The van der Waals surface area contributed by atoms with Gasteiger partial charge >= 0.3 is 5.97 Å². The van der Waals surface area contributed by atoms with E-state index in [9.17, 15) is 4.79 Å². The Kier molecular flexibility index (Phi) is 1.68. The van der Waals surface area contributed by atoms with Gasteiger partial charge in [-0.25, -0.2) is 0 Å². The molecular formula is C5H9NO3. The Morgan fingerprint density at radius 1 is 2.00 bits per heavy atom. The van der Waals surface area contributed by atoms with Gasteiger partial charge in [0.1, 0.15) is 12.1 Å². The topological polar surface area (TPSA) is 64.8 Å². The molecule has 0 aromatic rings. The fourth-order valence-corrected chi connectivity index (χ4v) is 0.551. The molecule has 1 saturated heterocycles. The van der Waals surface area contributed by atoms with Gasteiger partial charge in [-0.1, -0.05) is 0 Å². The van der Waals surface area contributed by atoms with E-state index in [1.807, 2.05) is 0 Å². The largest absolute Gasteiger partial charge is 0.468 e. The number of nitrogens with two attached hydrogens (primary N) is 1. The average molecular weight is 131 g/mol. The van der Waals surface area contributed by atoms with E-state index in [2.05, 4.69) is 4.74 Å². The number of carbonyl (C=O) groups excluding carboxylic acids is 1. The zero-order valence-corrected chi connectivity index (χ0v) is 5.16. The molecular weight excluding hydrogens is 122 g/mol. The van der Waals surface area contributed by atoms with Gasteiger partial charge < -0.3 is 15.2 Å². The van der Waals surface area contributed by atoms with E-state index < -0.39 is 12.0 Å². The van der Waals surface area contributed by atoms with E-state index in [0.717, 1.165) is 0 Å². The number of ether oxygens (including phenoxy) is 2. The normalized spacial score (nSPS) is 27.1. The quantitative estimate of drug-likeness (QED) is 0.381. The van der Waals surface area contributed by atoms with Crippen LogP contribution in [0.3, 0.4) is 0 Å². The molecule has 4 nitrogen and oxygen atoms in total. The molecule has 1 aliphatic heterocycles. The van der Waals surface area contributed by atoms with Gasteiger partial charge in [0.15, 0.2) is 0 Å². The molecule has 0 saturated carbocycles. The van der Waals surface area contributed by atoms with Crippen LogP contribution in [0.4, 0.5) is 0 Å². The molecule has 1 unspecified atom stereocenters. The first-order chi connectivity index (χ1) is 4.25. The Morgan fingerprint density at radius 3 is 2.89 bits per heavy atom. The highest BCUT2D eigenvalue weighted by molar-refractivity contribution is 5.76. The Hall–Kier alpha value is -0.610. The van der Waals surface area contributed by atoms with E-state index in [1.54, 1.807) is 0 Å². The second-order valence-electron chi connectivity index (χ2n) is 1.92. The van der Waals surface area contributed by atoms with E-state index >= 15 is 0 Å². The molecule has 1 aliphatic rings. The number of rotatable bonds is 2. The molecule has 2 atom stereocenters. The fraction of sp³-hybridized carbons (Fsp3) is 0.800. The predicted molar refractivity (Wildman–Crippen MR) is 29.7 cm³/mol. The van der Waals surface area contributed by atoms with Crippen molar-refractivity contribution in [3.63, 3.8) is 0 Å². The van der Waals surface area contributed by atoms with Crippen molar-refractivity contribution in [2.24, 2.45) is 5.73 Å². The average Bonchev–Trinajstić information content (AvgIpc) is 2.66. The van der Waals surface area contributed by atoms with Crippen LogP contribution in [0.5, 0.6) is 0 Å². The summed E-state index contributed by atoms with van der Waals surface area (Å²) in [6.07, 6.45) is -0.0996. The molecule has 1 fully saturated rings. The molecule has 0 aromatic heterocycles. The van der Waals surface area contributed by atoms with Crippen LogP contribution in [0, 0.1) is 0 Å². The minimum absolute atomic E-state index is 0.0996. The standard InChI is InChI=1S/C5H9NO3/c1-8-5(7)4(6)3-2-9-3/h3-4H,2,6H2,1H3/t3?,4-/m0/s1. The molecule has 1 heterocycles. The van der Waals surface area contributed by atoms with Crippen LogP contribution in [0.1, 0.15) is 0 Å². The highest BCUT2D eigenvalue weighted by Crippen LogP contribution is 2.12. The van der Waals surface area contributed by atoms with Gasteiger partial charge in [-0.05, 0) is 0 Å². The number of epoxide rings is 1. The van der Waals surface area contributed by atoms with Crippen molar-refractivity contribution in [2.75, 3.05) is 13.7 Å². The maximum absolute atomic E-state index is 10.6. The summed E-state index contributed by atoms with van der Waals surface area (Å²) in [5, 5.41) is 0. The molecule has 0 aromatic carbocycles. The number of esters is 1. The fourth-order valence-electron chi connectivity index (χ4n) is 0.551. The van der Waals surface area contributed by atoms with Crippen molar-refractivity contribution in [3.05, 3.63) is 0 Å². The van der Waals surface area contributed by atoms with Gasteiger partial charge in [0.25, 0.3) is 0 Å². The molecule has 2 N–H and O–H groups in total. The number of methoxy groups -OCH3 is 1. The third-order valence-corrected chi connectivity index (χ3v) is 1.23. The van der Waals surface area contributed by atoms with Gasteiger partial charge in [-0.2, -0.15) is 0 Å². The van der Waals surface area contributed by atoms with Crippen LogP contribution in [0.2, 0.25) is 0 Å². The molecule has 9 heavy (non-hydrogen) atoms. The Bertz CT molecular complexity index is 121. The SMILES string of the molecule is COC(=O)[C@@H](N)C1CO1. The molecule has 0 aliphatic carbocycles. The third kappa shape index (κ3) is 1.40. The first kappa shape index (κ1) is 6.51. The highest BCUT2D eigenvalue weighted by atomic mass is 16.6. The number of hydrogen-bond donors (Lipinski definition) is 1. The van der Waals surface area contributed by atoms with Gasteiger partial charge in [-0.3, -0.25) is 4.79 Å². The van der Waals surface area contributed by atoms with E-state index in [1.165, 1.54) is 7.11 Å². The minimum atomic E-state index is -0.588. The van der Waals surface area contributed by atoms with Crippen molar-refractivity contribution >= 4 is 5.97 Å². The third-order valence-electron chi connectivity index (χ3n) is 1.23. The lowest BCUT2D eigenvalue weighted by molar-refractivity contribution is -0.142. The first-order valence-electron chi connectivity index (χ1n) is 2.70. The molecule has 0 bridgehead atoms. The smallest absolute Gasteiger partial charge is 0.325 e. The first-order valence-corrected chi connectivity index (χ1v) is 2.70. The van der Waals surface area contributed by atoms with Crippen LogP contribution in [-0.2, 0) is 14.3 Å². The maximum atomic E-state index is 10.6. The predicted octanol–water partition coefficient (Wildman–Crippen LogP) is -1.11. The molecule has 0 amide bonds.